The monoisotopic (exact) mass is 195 g/mol. The second-order valence-electron chi connectivity index (χ2n) is 2.94. The topological polar surface area (TPSA) is 79.1 Å². The minimum atomic E-state index is 0.520. The van der Waals surface area contributed by atoms with Gasteiger partial charge in [-0.2, -0.15) is 0 Å². The van der Waals surface area contributed by atoms with Crippen LogP contribution in [0.5, 0.6) is 0 Å². The smallest absolute Gasteiger partial charge is 0.188 e. The van der Waals surface area contributed by atoms with Crippen molar-refractivity contribution in [2.75, 3.05) is 13.1 Å². The van der Waals surface area contributed by atoms with E-state index >= 15 is 0 Å². The van der Waals surface area contributed by atoms with Crippen molar-refractivity contribution < 1.29 is 0 Å². The Labute approximate surface area is 83.8 Å². The van der Waals surface area contributed by atoms with Crippen LogP contribution >= 0.6 is 0 Å². The quantitative estimate of drug-likeness (QED) is 0.358. The van der Waals surface area contributed by atoms with Crippen molar-refractivity contribution >= 4 is 5.96 Å². The Morgan fingerprint density at radius 1 is 1.71 bits per heavy atom. The van der Waals surface area contributed by atoms with Gasteiger partial charge >= 0.3 is 0 Å². The van der Waals surface area contributed by atoms with Gasteiger partial charge in [0, 0.05) is 31.9 Å². The lowest BCUT2D eigenvalue weighted by Crippen LogP contribution is -2.31. The van der Waals surface area contributed by atoms with E-state index in [0.717, 1.165) is 31.8 Å². The van der Waals surface area contributed by atoms with Crippen molar-refractivity contribution in [3.63, 3.8) is 0 Å². The molecule has 1 aromatic heterocycles. The summed E-state index contributed by atoms with van der Waals surface area (Å²) in [6, 6.07) is 0. The van der Waals surface area contributed by atoms with E-state index in [-0.39, 0.29) is 0 Å². The lowest BCUT2D eigenvalue weighted by Gasteiger charge is -2.00. The lowest BCUT2D eigenvalue weighted by atomic mass is 10.3. The summed E-state index contributed by atoms with van der Waals surface area (Å²) in [5, 5.41) is 2.94. The maximum Gasteiger partial charge on any atom is 0.188 e. The first-order valence-corrected chi connectivity index (χ1v) is 4.85. The van der Waals surface area contributed by atoms with Gasteiger partial charge in [0.1, 0.15) is 5.82 Å². The molecule has 0 atom stereocenters. The molecule has 0 bridgehead atoms. The third-order valence-corrected chi connectivity index (χ3v) is 1.77. The largest absolute Gasteiger partial charge is 0.370 e. The molecule has 0 aromatic carbocycles. The number of imidazole rings is 1. The van der Waals surface area contributed by atoms with E-state index in [1.807, 2.05) is 13.1 Å². The van der Waals surface area contributed by atoms with Crippen molar-refractivity contribution in [2.24, 2.45) is 10.7 Å². The van der Waals surface area contributed by atoms with E-state index in [2.05, 4.69) is 20.3 Å². The highest BCUT2D eigenvalue weighted by Gasteiger charge is 1.93. The maximum absolute atomic E-state index is 5.56. The van der Waals surface area contributed by atoms with Gasteiger partial charge in [-0.15, -0.1) is 0 Å². The summed E-state index contributed by atoms with van der Waals surface area (Å²) in [6.45, 7) is 3.54. The van der Waals surface area contributed by atoms with E-state index in [1.165, 1.54) is 0 Å². The zero-order chi connectivity index (χ0) is 10.2. The van der Waals surface area contributed by atoms with E-state index in [4.69, 9.17) is 5.73 Å². The molecule has 0 saturated carbocycles. The first kappa shape index (κ1) is 10.6. The summed E-state index contributed by atoms with van der Waals surface area (Å²) in [4.78, 5) is 11.3. The number of guanidine groups is 1. The second kappa shape index (κ2) is 6.01. The molecule has 0 fully saturated rings. The van der Waals surface area contributed by atoms with Gasteiger partial charge in [0.15, 0.2) is 5.96 Å². The molecule has 14 heavy (non-hydrogen) atoms. The molecule has 1 rings (SSSR count). The number of rotatable bonds is 5. The van der Waals surface area contributed by atoms with Gasteiger partial charge in [0.25, 0.3) is 0 Å². The van der Waals surface area contributed by atoms with Crippen molar-refractivity contribution in [3.8, 4) is 0 Å². The first-order valence-electron chi connectivity index (χ1n) is 4.85. The Balaban J connectivity index is 2.13. The average Bonchev–Trinajstić information content (AvgIpc) is 2.65. The molecule has 0 amide bonds. The number of aliphatic imine (C=N–C) groups is 1. The minimum absolute atomic E-state index is 0.520. The van der Waals surface area contributed by atoms with Crippen LogP contribution in [0.3, 0.4) is 0 Å². The highest BCUT2D eigenvalue weighted by molar-refractivity contribution is 5.77. The third kappa shape index (κ3) is 3.93. The van der Waals surface area contributed by atoms with Crippen LogP contribution in [0, 0.1) is 0 Å². The Hall–Kier alpha value is -1.52. The Bertz CT molecular complexity index is 265. The molecule has 78 valence electrons. The van der Waals surface area contributed by atoms with E-state index < -0.39 is 0 Å². The van der Waals surface area contributed by atoms with E-state index in [1.54, 1.807) is 6.20 Å². The SMILES string of the molecule is CCNC(N)=NCCCc1ncc[nH]1. The minimum Gasteiger partial charge on any atom is -0.370 e. The highest BCUT2D eigenvalue weighted by atomic mass is 15.1. The molecule has 0 aliphatic heterocycles. The van der Waals surface area contributed by atoms with Crippen molar-refractivity contribution in [1.82, 2.24) is 15.3 Å². The average molecular weight is 195 g/mol. The Kier molecular flexibility index (Phi) is 4.54. The van der Waals surface area contributed by atoms with Gasteiger partial charge in [0.05, 0.1) is 0 Å². The molecule has 0 aliphatic carbocycles. The van der Waals surface area contributed by atoms with Gasteiger partial charge in [0.2, 0.25) is 0 Å². The van der Waals surface area contributed by atoms with Gasteiger partial charge in [-0.25, -0.2) is 4.98 Å². The van der Waals surface area contributed by atoms with Gasteiger partial charge in [-0.3, -0.25) is 4.99 Å². The van der Waals surface area contributed by atoms with E-state index in [0.29, 0.717) is 5.96 Å². The molecule has 1 aromatic rings. The molecule has 0 saturated heterocycles. The number of aryl methyl sites for hydroxylation is 1. The molecule has 0 spiro atoms. The summed E-state index contributed by atoms with van der Waals surface area (Å²) in [7, 11) is 0. The van der Waals surface area contributed by atoms with Crippen LogP contribution in [0.15, 0.2) is 17.4 Å². The predicted molar refractivity (Wildman–Crippen MR) is 57.1 cm³/mol. The number of nitrogens with one attached hydrogen (secondary N) is 2. The molecule has 0 radical (unpaired) electrons. The first-order chi connectivity index (χ1) is 6.83. The normalized spacial score (nSPS) is 11.6. The fourth-order valence-electron chi connectivity index (χ4n) is 1.12. The van der Waals surface area contributed by atoms with Gasteiger partial charge in [-0.1, -0.05) is 0 Å². The summed E-state index contributed by atoms with van der Waals surface area (Å²) in [5.41, 5.74) is 5.56. The third-order valence-electron chi connectivity index (χ3n) is 1.77. The van der Waals surface area contributed by atoms with Crippen LogP contribution in [0.1, 0.15) is 19.2 Å². The molecule has 5 heteroatoms. The molecular weight excluding hydrogens is 178 g/mol. The van der Waals surface area contributed by atoms with Crippen LogP contribution < -0.4 is 11.1 Å². The summed E-state index contributed by atoms with van der Waals surface area (Å²) >= 11 is 0. The van der Waals surface area contributed by atoms with Crippen LogP contribution in [0.2, 0.25) is 0 Å². The fraction of sp³-hybridized carbons (Fsp3) is 0.556. The molecule has 4 N–H and O–H groups in total. The molecule has 0 aliphatic rings. The summed E-state index contributed by atoms with van der Waals surface area (Å²) < 4.78 is 0. The Morgan fingerprint density at radius 3 is 3.21 bits per heavy atom. The standard InChI is InChI=1S/C9H17N5/c1-2-11-9(10)14-5-3-4-8-12-6-7-13-8/h6-7H,2-5H2,1H3,(H,12,13)(H3,10,11,14). The highest BCUT2D eigenvalue weighted by Crippen LogP contribution is 1.94. The Morgan fingerprint density at radius 2 is 2.57 bits per heavy atom. The fourth-order valence-corrected chi connectivity index (χ4v) is 1.12. The summed E-state index contributed by atoms with van der Waals surface area (Å²) in [6.07, 6.45) is 5.45. The second-order valence-corrected chi connectivity index (χ2v) is 2.94. The van der Waals surface area contributed by atoms with Crippen LogP contribution in [0.25, 0.3) is 0 Å². The van der Waals surface area contributed by atoms with Crippen molar-refractivity contribution in [2.45, 2.75) is 19.8 Å². The number of aromatic amines is 1. The van der Waals surface area contributed by atoms with E-state index in [9.17, 15) is 0 Å². The van der Waals surface area contributed by atoms with Crippen molar-refractivity contribution in [1.29, 1.82) is 0 Å². The number of nitrogens with zero attached hydrogens (tertiary/aromatic N) is 2. The number of aromatic nitrogens is 2. The lowest BCUT2D eigenvalue weighted by molar-refractivity contribution is 0.787. The van der Waals surface area contributed by atoms with Gasteiger partial charge in [-0.05, 0) is 13.3 Å². The number of nitrogens with two attached hydrogens (primary N) is 1. The molecule has 0 unspecified atom stereocenters. The summed E-state index contributed by atoms with van der Waals surface area (Å²) in [5.74, 6) is 1.52. The van der Waals surface area contributed by atoms with Gasteiger partial charge < -0.3 is 16.0 Å². The van der Waals surface area contributed by atoms with Crippen LogP contribution in [0.4, 0.5) is 0 Å². The predicted octanol–water partition coefficient (Wildman–Crippen LogP) is 0.266. The molecule has 1 heterocycles. The van der Waals surface area contributed by atoms with Crippen LogP contribution in [-0.2, 0) is 6.42 Å². The number of H-pyrrole nitrogens is 1. The molecular formula is C9H17N5. The van der Waals surface area contributed by atoms with Crippen LogP contribution in [-0.4, -0.2) is 29.0 Å². The van der Waals surface area contributed by atoms with Crippen molar-refractivity contribution in [3.05, 3.63) is 18.2 Å². The number of hydrogen-bond acceptors (Lipinski definition) is 2. The number of hydrogen-bond donors (Lipinski definition) is 3. The maximum atomic E-state index is 5.56. The zero-order valence-electron chi connectivity index (χ0n) is 8.45. The molecule has 5 nitrogen and oxygen atoms in total. The zero-order valence-corrected chi connectivity index (χ0v) is 8.45.